The Bertz CT molecular complexity index is 686. The molecule has 134 valence electrons. The number of fused-ring (bicyclic) bond motifs is 1. The maximum absolute atomic E-state index is 11.8. The van der Waals surface area contributed by atoms with E-state index in [1.54, 1.807) is 0 Å². The van der Waals surface area contributed by atoms with E-state index in [1.165, 1.54) is 32.1 Å². The van der Waals surface area contributed by atoms with Gasteiger partial charge in [-0.1, -0.05) is 0 Å². The second-order valence-electron chi connectivity index (χ2n) is 8.47. The standard InChI is InChI=1S/C20H25NO4/c1-11(2)23-19(22)21-16-3-4-17-18(10-16)25-20(24-17)14-6-12-5-13(8-14)9-15(20)7-12/h3-4,10-15H,5-9H2,1-2H3,(H,21,22). The van der Waals surface area contributed by atoms with Gasteiger partial charge in [0.25, 0.3) is 5.79 Å². The molecule has 1 amide bonds. The number of hydrogen-bond donors (Lipinski definition) is 1. The summed E-state index contributed by atoms with van der Waals surface area (Å²) >= 11 is 0. The number of hydrogen-bond acceptors (Lipinski definition) is 4. The SMILES string of the molecule is CC(C)OC(=O)Nc1ccc2c(c1)OC1(O2)C2CC3CC(C2)CC1C3. The van der Waals surface area contributed by atoms with Gasteiger partial charge >= 0.3 is 6.09 Å². The lowest BCUT2D eigenvalue weighted by Gasteiger charge is -2.57. The molecular weight excluding hydrogens is 318 g/mol. The summed E-state index contributed by atoms with van der Waals surface area (Å²) in [4.78, 5) is 11.8. The van der Waals surface area contributed by atoms with Crippen LogP contribution in [0.1, 0.15) is 46.0 Å². The van der Waals surface area contributed by atoms with Crippen molar-refractivity contribution in [3.8, 4) is 11.5 Å². The Labute approximate surface area is 148 Å². The molecule has 5 heteroatoms. The molecule has 1 spiro atoms. The van der Waals surface area contributed by atoms with E-state index in [4.69, 9.17) is 14.2 Å². The highest BCUT2D eigenvalue weighted by Gasteiger charge is 2.63. The average molecular weight is 343 g/mol. The third-order valence-corrected chi connectivity index (χ3v) is 6.35. The minimum Gasteiger partial charge on any atom is -0.448 e. The van der Waals surface area contributed by atoms with Gasteiger partial charge in [-0.05, 0) is 69.9 Å². The number of amides is 1. The van der Waals surface area contributed by atoms with Crippen molar-refractivity contribution < 1.29 is 19.0 Å². The van der Waals surface area contributed by atoms with Crippen LogP contribution in [0.4, 0.5) is 10.5 Å². The molecule has 5 nitrogen and oxygen atoms in total. The average Bonchev–Trinajstić information content (AvgIpc) is 2.91. The maximum Gasteiger partial charge on any atom is 0.411 e. The van der Waals surface area contributed by atoms with Gasteiger partial charge in [0.15, 0.2) is 11.5 Å². The molecule has 1 aromatic rings. The molecule has 6 rings (SSSR count). The van der Waals surface area contributed by atoms with Gasteiger partial charge in [0.1, 0.15) is 0 Å². The molecule has 0 atom stereocenters. The first-order chi connectivity index (χ1) is 12.0. The van der Waals surface area contributed by atoms with E-state index in [9.17, 15) is 4.79 Å². The lowest BCUT2D eigenvalue weighted by atomic mass is 9.53. The number of carbonyl (C=O) groups is 1. The highest BCUT2D eigenvalue weighted by molar-refractivity contribution is 5.85. The molecule has 5 aliphatic rings. The molecule has 1 aliphatic heterocycles. The summed E-state index contributed by atoms with van der Waals surface area (Å²) in [5.41, 5.74) is 0.675. The van der Waals surface area contributed by atoms with Crippen LogP contribution in [0.3, 0.4) is 0 Å². The molecular formula is C20H25NO4. The van der Waals surface area contributed by atoms with Crippen LogP contribution in [0.15, 0.2) is 18.2 Å². The van der Waals surface area contributed by atoms with Crippen LogP contribution >= 0.6 is 0 Å². The van der Waals surface area contributed by atoms with Crippen molar-refractivity contribution in [1.82, 2.24) is 0 Å². The minimum absolute atomic E-state index is 0.148. The summed E-state index contributed by atoms with van der Waals surface area (Å²) in [7, 11) is 0. The van der Waals surface area contributed by atoms with Gasteiger partial charge in [-0.15, -0.1) is 0 Å². The number of rotatable bonds is 2. The first-order valence-corrected chi connectivity index (χ1v) is 9.51. The molecule has 0 saturated heterocycles. The molecule has 1 heterocycles. The van der Waals surface area contributed by atoms with Crippen LogP contribution in [-0.4, -0.2) is 18.0 Å². The minimum atomic E-state index is -0.465. The topological polar surface area (TPSA) is 56.8 Å². The third kappa shape index (κ3) is 2.39. The van der Waals surface area contributed by atoms with E-state index in [0.717, 1.165) is 23.3 Å². The fourth-order valence-electron chi connectivity index (χ4n) is 5.65. The highest BCUT2D eigenvalue weighted by atomic mass is 16.7. The summed E-state index contributed by atoms with van der Waals surface area (Å²) < 4.78 is 18.0. The normalized spacial score (nSPS) is 36.9. The van der Waals surface area contributed by atoms with Crippen molar-refractivity contribution in [1.29, 1.82) is 0 Å². The van der Waals surface area contributed by atoms with E-state index < -0.39 is 11.9 Å². The lowest BCUT2D eigenvalue weighted by molar-refractivity contribution is -0.241. The quantitative estimate of drug-likeness (QED) is 0.855. The monoisotopic (exact) mass is 343 g/mol. The summed E-state index contributed by atoms with van der Waals surface area (Å²) in [6.07, 6.45) is 5.73. The van der Waals surface area contributed by atoms with E-state index in [2.05, 4.69) is 5.32 Å². The Morgan fingerprint density at radius 1 is 1.08 bits per heavy atom. The Morgan fingerprint density at radius 2 is 1.72 bits per heavy atom. The summed E-state index contributed by atoms with van der Waals surface area (Å²) in [5.74, 6) is 3.81. The number of anilines is 1. The van der Waals surface area contributed by atoms with Crippen LogP contribution in [0, 0.1) is 23.7 Å². The predicted octanol–water partition coefficient (Wildman–Crippen LogP) is 4.57. The van der Waals surface area contributed by atoms with Crippen molar-refractivity contribution in [3.05, 3.63) is 18.2 Å². The van der Waals surface area contributed by atoms with E-state index in [0.29, 0.717) is 17.5 Å². The second-order valence-corrected chi connectivity index (χ2v) is 8.47. The fourth-order valence-corrected chi connectivity index (χ4v) is 5.65. The van der Waals surface area contributed by atoms with Crippen LogP contribution in [0.5, 0.6) is 11.5 Å². The molecule has 0 radical (unpaired) electrons. The van der Waals surface area contributed by atoms with E-state index in [-0.39, 0.29) is 6.10 Å². The van der Waals surface area contributed by atoms with Gasteiger partial charge in [-0.25, -0.2) is 4.79 Å². The van der Waals surface area contributed by atoms with Gasteiger partial charge in [0.2, 0.25) is 0 Å². The van der Waals surface area contributed by atoms with Crippen molar-refractivity contribution in [2.45, 2.75) is 57.8 Å². The van der Waals surface area contributed by atoms with Crippen molar-refractivity contribution in [2.24, 2.45) is 23.7 Å². The van der Waals surface area contributed by atoms with Gasteiger partial charge < -0.3 is 14.2 Å². The Kier molecular flexibility index (Phi) is 3.25. The molecule has 1 aromatic carbocycles. The van der Waals surface area contributed by atoms with Gasteiger partial charge in [0.05, 0.1) is 6.10 Å². The number of carbonyl (C=O) groups excluding carboxylic acids is 1. The largest absolute Gasteiger partial charge is 0.448 e. The van der Waals surface area contributed by atoms with E-state index >= 15 is 0 Å². The molecule has 1 N–H and O–H groups in total. The molecule has 4 saturated carbocycles. The molecule has 0 aromatic heterocycles. The molecule has 4 fully saturated rings. The second kappa shape index (κ2) is 5.29. The van der Waals surface area contributed by atoms with Crippen LogP contribution < -0.4 is 14.8 Å². The zero-order valence-electron chi connectivity index (χ0n) is 14.8. The van der Waals surface area contributed by atoms with Crippen molar-refractivity contribution >= 4 is 11.8 Å². The third-order valence-electron chi connectivity index (χ3n) is 6.35. The van der Waals surface area contributed by atoms with Crippen LogP contribution in [-0.2, 0) is 4.74 Å². The van der Waals surface area contributed by atoms with Crippen LogP contribution in [0.25, 0.3) is 0 Å². The van der Waals surface area contributed by atoms with Gasteiger partial charge in [-0.2, -0.15) is 0 Å². The van der Waals surface area contributed by atoms with Gasteiger partial charge in [-0.3, -0.25) is 5.32 Å². The number of nitrogens with one attached hydrogen (secondary N) is 1. The smallest absolute Gasteiger partial charge is 0.411 e. The molecule has 25 heavy (non-hydrogen) atoms. The van der Waals surface area contributed by atoms with Crippen molar-refractivity contribution in [2.75, 3.05) is 5.32 Å². The zero-order chi connectivity index (χ0) is 17.2. The maximum atomic E-state index is 11.8. The molecule has 4 aliphatic carbocycles. The Balaban J connectivity index is 1.37. The fraction of sp³-hybridized carbons (Fsp3) is 0.650. The van der Waals surface area contributed by atoms with E-state index in [1.807, 2.05) is 32.0 Å². The highest BCUT2D eigenvalue weighted by Crippen LogP contribution is 2.62. The first-order valence-electron chi connectivity index (χ1n) is 9.51. The summed E-state index contributed by atoms with van der Waals surface area (Å²) in [5, 5.41) is 2.76. The Hall–Kier alpha value is -1.91. The summed E-state index contributed by atoms with van der Waals surface area (Å²) in [6, 6.07) is 5.61. The van der Waals surface area contributed by atoms with Gasteiger partial charge in [0, 0.05) is 23.6 Å². The zero-order valence-corrected chi connectivity index (χ0v) is 14.8. The summed E-state index contributed by atoms with van der Waals surface area (Å²) in [6.45, 7) is 3.66. The lowest BCUT2D eigenvalue weighted by Crippen LogP contribution is -2.62. The molecule has 0 unspecified atom stereocenters. The van der Waals surface area contributed by atoms with Crippen LogP contribution in [0.2, 0.25) is 0 Å². The Morgan fingerprint density at radius 3 is 2.36 bits per heavy atom. The molecule has 4 bridgehead atoms. The number of ether oxygens (including phenoxy) is 3. The predicted molar refractivity (Wildman–Crippen MR) is 92.7 cm³/mol. The number of benzene rings is 1. The first kappa shape index (κ1) is 15.4. The van der Waals surface area contributed by atoms with Crippen molar-refractivity contribution in [3.63, 3.8) is 0 Å².